The molecule has 62 valence electrons. The Kier molecular flexibility index (Phi) is 3.04. The van der Waals surface area contributed by atoms with Gasteiger partial charge in [-0.3, -0.25) is 4.57 Å². The molecule has 0 rings (SSSR count). The van der Waals surface area contributed by atoms with Crippen molar-refractivity contribution in [1.29, 1.82) is 0 Å². The molecule has 4 nitrogen and oxygen atoms in total. The van der Waals surface area contributed by atoms with E-state index < -0.39 is 19.5 Å². The molecule has 10 heavy (non-hydrogen) atoms. The molecular formula is C5H13O4P. The summed E-state index contributed by atoms with van der Waals surface area (Å²) in [5.74, 6) is 0. The highest BCUT2D eigenvalue weighted by atomic mass is 31.2. The van der Waals surface area contributed by atoms with Crippen molar-refractivity contribution in [3.63, 3.8) is 0 Å². The molecule has 0 aliphatic heterocycles. The second-order valence-corrected chi connectivity index (χ2v) is 4.64. The van der Waals surface area contributed by atoms with Crippen molar-refractivity contribution in [1.82, 2.24) is 0 Å². The molecule has 0 spiro atoms. The van der Waals surface area contributed by atoms with E-state index in [4.69, 9.17) is 14.5 Å². The highest BCUT2D eigenvalue weighted by Crippen LogP contribution is 2.35. The normalized spacial score (nSPS) is 13.7. The third-order valence-electron chi connectivity index (χ3n) is 0.666. The van der Waals surface area contributed by atoms with Crippen LogP contribution in [0.3, 0.4) is 0 Å². The lowest BCUT2D eigenvalue weighted by Crippen LogP contribution is -2.19. The average molecular weight is 168 g/mol. The van der Waals surface area contributed by atoms with Crippen LogP contribution in [0.25, 0.3) is 0 Å². The van der Waals surface area contributed by atoms with E-state index in [1.807, 2.05) is 0 Å². The second kappa shape index (κ2) is 3.01. The Morgan fingerprint density at radius 3 is 1.90 bits per heavy atom. The first-order valence-corrected chi connectivity index (χ1v) is 4.69. The van der Waals surface area contributed by atoms with Crippen molar-refractivity contribution in [2.45, 2.75) is 26.4 Å². The van der Waals surface area contributed by atoms with Crippen LogP contribution in [-0.4, -0.2) is 21.7 Å². The van der Waals surface area contributed by atoms with Crippen molar-refractivity contribution in [3.05, 3.63) is 0 Å². The summed E-state index contributed by atoms with van der Waals surface area (Å²) in [6.45, 7) is 5.22. The summed E-state index contributed by atoms with van der Waals surface area (Å²) < 4.78 is 15.1. The highest BCUT2D eigenvalue weighted by Gasteiger charge is 2.18. The minimum atomic E-state index is -3.98. The van der Waals surface area contributed by atoms with Gasteiger partial charge in [0.05, 0.1) is 5.60 Å². The molecule has 0 heterocycles. The van der Waals surface area contributed by atoms with Crippen molar-refractivity contribution in [3.8, 4) is 0 Å². The average Bonchev–Trinajstić information content (AvgIpc) is 1.57. The van der Waals surface area contributed by atoms with Crippen molar-refractivity contribution >= 4 is 7.60 Å². The van der Waals surface area contributed by atoms with Crippen LogP contribution >= 0.6 is 7.60 Å². The molecule has 0 radical (unpaired) electrons. The van der Waals surface area contributed by atoms with Gasteiger partial charge < -0.3 is 14.5 Å². The van der Waals surface area contributed by atoms with E-state index in [0.29, 0.717) is 0 Å². The summed E-state index contributed by atoms with van der Waals surface area (Å²) in [6.07, 6.45) is -0.503. The third-order valence-corrected chi connectivity index (χ3v) is 1.13. The maximum Gasteiger partial charge on any atom is 0.351 e. The smallest absolute Gasteiger partial charge is 0.351 e. The molecule has 0 bridgehead atoms. The molecule has 0 atom stereocenters. The van der Waals surface area contributed by atoms with Gasteiger partial charge in [0.2, 0.25) is 0 Å². The zero-order valence-corrected chi connectivity index (χ0v) is 7.26. The van der Waals surface area contributed by atoms with Gasteiger partial charge in [-0.25, -0.2) is 0 Å². The van der Waals surface area contributed by atoms with Crippen LogP contribution in [0.5, 0.6) is 0 Å². The van der Waals surface area contributed by atoms with Gasteiger partial charge in [0.25, 0.3) is 0 Å². The molecule has 0 saturated carbocycles. The number of rotatable bonds is 2. The molecule has 0 unspecified atom stereocenters. The van der Waals surface area contributed by atoms with Crippen LogP contribution < -0.4 is 0 Å². The summed E-state index contributed by atoms with van der Waals surface area (Å²) in [7, 11) is -3.98. The van der Waals surface area contributed by atoms with Gasteiger partial charge in [-0.05, 0) is 20.8 Å². The van der Waals surface area contributed by atoms with Gasteiger partial charge >= 0.3 is 7.60 Å². The Hall–Kier alpha value is 0.110. The Bertz CT molecular complexity index is 142. The molecule has 2 N–H and O–H groups in total. The number of hydrogen-bond acceptors (Lipinski definition) is 2. The molecule has 0 aromatic rings. The van der Waals surface area contributed by atoms with Crippen LogP contribution in [0.2, 0.25) is 0 Å². The van der Waals surface area contributed by atoms with Crippen LogP contribution in [0.15, 0.2) is 0 Å². The molecule has 0 saturated heterocycles. The predicted molar refractivity (Wildman–Crippen MR) is 37.7 cm³/mol. The van der Waals surface area contributed by atoms with Gasteiger partial charge in [-0.15, -0.1) is 0 Å². The Morgan fingerprint density at radius 1 is 1.40 bits per heavy atom. The fraction of sp³-hybridized carbons (Fsp3) is 1.00. The van der Waals surface area contributed by atoms with Crippen molar-refractivity contribution in [2.24, 2.45) is 0 Å². The van der Waals surface area contributed by atoms with Crippen LogP contribution in [0.4, 0.5) is 0 Å². The largest absolute Gasteiger partial charge is 0.363 e. The monoisotopic (exact) mass is 168 g/mol. The van der Waals surface area contributed by atoms with Gasteiger partial charge in [0, 0.05) is 0 Å². The summed E-state index contributed by atoms with van der Waals surface area (Å²) in [5.41, 5.74) is -0.485. The summed E-state index contributed by atoms with van der Waals surface area (Å²) >= 11 is 0. The Labute approximate surface area is 60.4 Å². The fourth-order valence-electron chi connectivity index (χ4n) is 0.278. The summed E-state index contributed by atoms with van der Waals surface area (Å²) in [5, 5.41) is 0. The second-order valence-electron chi connectivity index (χ2n) is 3.05. The maximum absolute atomic E-state index is 10.2. The molecule has 0 fully saturated rings. The lowest BCUT2D eigenvalue weighted by molar-refractivity contribution is 0.0172. The van der Waals surface area contributed by atoms with Gasteiger partial charge in [-0.1, -0.05) is 0 Å². The van der Waals surface area contributed by atoms with E-state index in [1.165, 1.54) is 0 Å². The van der Waals surface area contributed by atoms with Crippen LogP contribution in [-0.2, 0) is 9.30 Å². The lowest BCUT2D eigenvalue weighted by Gasteiger charge is -2.19. The zero-order chi connectivity index (χ0) is 8.41. The van der Waals surface area contributed by atoms with E-state index in [0.717, 1.165) is 0 Å². The number of ether oxygens (including phenoxy) is 1. The quantitative estimate of drug-likeness (QED) is 0.602. The fourth-order valence-corrected chi connectivity index (χ4v) is 0.833. The molecule has 5 heteroatoms. The van der Waals surface area contributed by atoms with E-state index in [-0.39, 0.29) is 0 Å². The molecule has 0 aliphatic rings. The standard InChI is InChI=1S/C5H13O4P/c1-5(2,3)9-4-10(6,7)8/h4H2,1-3H3,(H2,6,7,8). The molecule has 0 aliphatic carbocycles. The van der Waals surface area contributed by atoms with E-state index >= 15 is 0 Å². The highest BCUT2D eigenvalue weighted by molar-refractivity contribution is 7.51. The molecule has 0 amide bonds. The van der Waals surface area contributed by atoms with Crippen LogP contribution in [0, 0.1) is 0 Å². The minimum absolute atomic E-state index is 0.485. The first kappa shape index (κ1) is 10.1. The molecule has 0 aromatic heterocycles. The lowest BCUT2D eigenvalue weighted by atomic mass is 10.2. The maximum atomic E-state index is 10.2. The summed E-state index contributed by atoms with van der Waals surface area (Å²) in [6, 6.07) is 0. The van der Waals surface area contributed by atoms with Gasteiger partial charge in [0.15, 0.2) is 0 Å². The molecule has 0 aromatic carbocycles. The first-order chi connectivity index (χ1) is 4.21. The van der Waals surface area contributed by atoms with E-state index in [2.05, 4.69) is 0 Å². The predicted octanol–water partition coefficient (Wildman–Crippen LogP) is 0.937. The Balaban J connectivity index is 3.67. The molecular weight excluding hydrogens is 155 g/mol. The third kappa shape index (κ3) is 8.11. The van der Waals surface area contributed by atoms with E-state index in [1.54, 1.807) is 20.8 Å². The van der Waals surface area contributed by atoms with Crippen molar-refractivity contribution in [2.75, 3.05) is 6.35 Å². The van der Waals surface area contributed by atoms with Crippen molar-refractivity contribution < 1.29 is 19.1 Å². The van der Waals surface area contributed by atoms with Crippen LogP contribution in [0.1, 0.15) is 20.8 Å². The van der Waals surface area contributed by atoms with Gasteiger partial charge in [0.1, 0.15) is 6.35 Å². The number of hydrogen-bond donors (Lipinski definition) is 2. The SMILES string of the molecule is CC(C)(C)OCP(=O)(O)O. The van der Waals surface area contributed by atoms with E-state index in [9.17, 15) is 4.57 Å². The first-order valence-electron chi connectivity index (χ1n) is 2.89. The zero-order valence-electron chi connectivity index (χ0n) is 6.37. The topological polar surface area (TPSA) is 66.8 Å². The Morgan fingerprint density at radius 2 is 1.80 bits per heavy atom. The van der Waals surface area contributed by atoms with Gasteiger partial charge in [-0.2, -0.15) is 0 Å². The summed E-state index contributed by atoms with van der Waals surface area (Å²) in [4.78, 5) is 16.7. The minimum Gasteiger partial charge on any atom is -0.363 e.